The van der Waals surface area contributed by atoms with Gasteiger partial charge in [0.15, 0.2) is 11.6 Å². The third kappa shape index (κ3) is 7.58. The summed E-state index contributed by atoms with van der Waals surface area (Å²) in [5.74, 6) is 1.06. The Morgan fingerprint density at radius 1 is 1.11 bits per heavy atom. The van der Waals surface area contributed by atoms with E-state index in [0.717, 1.165) is 64.8 Å². The molecule has 2 aliphatic heterocycles. The summed E-state index contributed by atoms with van der Waals surface area (Å²) in [6, 6.07) is 3.91. The molecule has 0 unspecified atom stereocenters. The Morgan fingerprint density at radius 3 is 2.44 bits per heavy atom. The van der Waals surface area contributed by atoms with E-state index in [1.54, 1.807) is 25.2 Å². The van der Waals surface area contributed by atoms with Gasteiger partial charge in [0.25, 0.3) is 16.1 Å². The monoisotopic (exact) mass is 645 g/mol. The quantitative estimate of drug-likeness (QED) is 0.389. The van der Waals surface area contributed by atoms with Gasteiger partial charge in [0.2, 0.25) is 0 Å². The number of rotatable bonds is 11. The lowest BCUT2D eigenvalue weighted by Crippen LogP contribution is -2.60. The summed E-state index contributed by atoms with van der Waals surface area (Å²) >= 11 is 0. The van der Waals surface area contributed by atoms with Crippen molar-refractivity contribution in [3.8, 4) is 11.5 Å². The number of hydrogen-bond acceptors (Lipinski definition) is 8. The van der Waals surface area contributed by atoms with Crippen LogP contribution < -0.4 is 14.4 Å². The molecular formula is C32H48FN7O4S. The van der Waals surface area contributed by atoms with Gasteiger partial charge in [0.1, 0.15) is 17.9 Å². The van der Waals surface area contributed by atoms with Crippen molar-refractivity contribution < 1.29 is 22.3 Å². The summed E-state index contributed by atoms with van der Waals surface area (Å²) in [7, 11) is -0.292. The molecule has 0 radical (unpaired) electrons. The molecule has 3 aliphatic rings. The van der Waals surface area contributed by atoms with Gasteiger partial charge in [-0.3, -0.25) is 4.79 Å². The third-order valence-electron chi connectivity index (χ3n) is 9.46. The fraction of sp³-hybridized carbons (Fsp3) is 0.656. The van der Waals surface area contributed by atoms with E-state index in [4.69, 9.17) is 4.74 Å². The second kappa shape index (κ2) is 13.5. The maximum atomic E-state index is 14.3. The minimum atomic E-state index is -3.40. The number of halogens is 1. The molecule has 1 aromatic heterocycles. The average Bonchev–Trinajstić information content (AvgIpc) is 3.42. The van der Waals surface area contributed by atoms with Gasteiger partial charge in [-0.25, -0.2) is 14.4 Å². The second-order valence-electron chi connectivity index (χ2n) is 13.8. The van der Waals surface area contributed by atoms with Gasteiger partial charge in [-0.1, -0.05) is 0 Å². The van der Waals surface area contributed by atoms with Crippen LogP contribution in [0.3, 0.4) is 0 Å². The Hall–Kier alpha value is -2.87. The van der Waals surface area contributed by atoms with E-state index >= 15 is 0 Å². The lowest BCUT2D eigenvalue weighted by atomic mass is 9.67. The van der Waals surface area contributed by atoms with E-state index in [0.29, 0.717) is 22.9 Å². The van der Waals surface area contributed by atoms with Crippen LogP contribution in [0.4, 0.5) is 10.2 Å². The van der Waals surface area contributed by atoms with E-state index < -0.39 is 16.0 Å². The van der Waals surface area contributed by atoms with Crippen molar-refractivity contribution in [1.29, 1.82) is 0 Å². The SMILES string of the molecule is CC(C)N(C(=O)c1cc(F)ccc1Oc1cncnc1N1CC[C@@H](CN2CC3(CCC(NS(=O)(=O)N(C)C)CC3)C2)C1)C(C)C. The van der Waals surface area contributed by atoms with Crippen molar-refractivity contribution in [1.82, 2.24) is 28.8 Å². The number of hydrogen-bond donors (Lipinski definition) is 1. The predicted molar refractivity (Wildman–Crippen MR) is 172 cm³/mol. The highest BCUT2D eigenvalue weighted by Crippen LogP contribution is 2.45. The molecule has 2 aromatic rings. The Kier molecular flexibility index (Phi) is 10.0. The molecule has 1 aromatic carbocycles. The fourth-order valence-corrected chi connectivity index (χ4v) is 8.12. The zero-order valence-electron chi connectivity index (χ0n) is 27.4. The molecule has 3 heterocycles. The lowest BCUT2D eigenvalue weighted by molar-refractivity contribution is -0.0387. The van der Waals surface area contributed by atoms with Gasteiger partial charge in [0, 0.05) is 64.9 Å². The molecule has 3 fully saturated rings. The molecule has 2 saturated heterocycles. The molecule has 1 N–H and O–H groups in total. The topological polar surface area (TPSA) is 111 Å². The van der Waals surface area contributed by atoms with E-state index in [9.17, 15) is 17.6 Å². The van der Waals surface area contributed by atoms with E-state index in [-0.39, 0.29) is 35.3 Å². The van der Waals surface area contributed by atoms with Crippen LogP contribution in [0.15, 0.2) is 30.7 Å². The summed E-state index contributed by atoms with van der Waals surface area (Å²) in [5.41, 5.74) is 0.471. The number of nitrogens with one attached hydrogen (secondary N) is 1. The Labute approximate surface area is 267 Å². The second-order valence-corrected chi connectivity index (χ2v) is 15.7. The van der Waals surface area contributed by atoms with E-state index in [1.807, 2.05) is 27.7 Å². The Morgan fingerprint density at radius 2 is 1.80 bits per heavy atom. The van der Waals surface area contributed by atoms with Crippen molar-refractivity contribution in [2.75, 3.05) is 51.7 Å². The van der Waals surface area contributed by atoms with Crippen LogP contribution in [0.25, 0.3) is 0 Å². The van der Waals surface area contributed by atoms with Gasteiger partial charge in [-0.2, -0.15) is 17.4 Å². The largest absolute Gasteiger partial charge is 0.451 e. The number of anilines is 1. The summed E-state index contributed by atoms with van der Waals surface area (Å²) in [5, 5.41) is 0. The molecule has 1 aliphatic carbocycles. The Bertz CT molecular complexity index is 1450. The average molecular weight is 646 g/mol. The molecular weight excluding hydrogens is 597 g/mol. The first-order valence-corrected chi connectivity index (χ1v) is 17.5. The highest BCUT2D eigenvalue weighted by molar-refractivity contribution is 7.87. The predicted octanol–water partition coefficient (Wildman–Crippen LogP) is 4.13. The molecule has 1 saturated carbocycles. The first-order chi connectivity index (χ1) is 21.3. The zero-order chi connectivity index (χ0) is 32.5. The van der Waals surface area contributed by atoms with Crippen LogP contribution >= 0.6 is 0 Å². The smallest absolute Gasteiger partial charge is 0.279 e. The summed E-state index contributed by atoms with van der Waals surface area (Å²) in [4.78, 5) is 28.7. The molecule has 1 atom stereocenters. The highest BCUT2D eigenvalue weighted by Gasteiger charge is 2.46. The van der Waals surface area contributed by atoms with Gasteiger partial charge >= 0.3 is 0 Å². The van der Waals surface area contributed by atoms with Crippen molar-refractivity contribution in [3.63, 3.8) is 0 Å². The molecule has 1 spiro atoms. The number of ether oxygens (including phenoxy) is 1. The summed E-state index contributed by atoms with van der Waals surface area (Å²) in [6.07, 6.45) is 7.97. The maximum Gasteiger partial charge on any atom is 0.279 e. The number of carbonyl (C=O) groups excluding carboxylic acids is 1. The summed E-state index contributed by atoms with van der Waals surface area (Å²) < 4.78 is 49.1. The molecule has 13 heteroatoms. The third-order valence-corrected chi connectivity index (χ3v) is 11.1. The van der Waals surface area contributed by atoms with Crippen molar-refractivity contribution in [3.05, 3.63) is 42.1 Å². The minimum absolute atomic E-state index is 0.0122. The number of benzene rings is 1. The van der Waals surface area contributed by atoms with Crippen molar-refractivity contribution in [2.45, 2.75) is 77.9 Å². The summed E-state index contributed by atoms with van der Waals surface area (Å²) in [6.45, 7) is 12.5. The van der Waals surface area contributed by atoms with Gasteiger partial charge in [0.05, 0.1) is 11.8 Å². The molecule has 11 nitrogen and oxygen atoms in total. The lowest BCUT2D eigenvalue weighted by Gasteiger charge is -2.54. The van der Waals surface area contributed by atoms with Crippen LogP contribution in [-0.4, -0.2) is 103 Å². The number of amides is 1. The van der Waals surface area contributed by atoms with Gasteiger partial charge < -0.3 is 19.4 Å². The van der Waals surface area contributed by atoms with Crippen molar-refractivity contribution in [2.24, 2.45) is 11.3 Å². The first-order valence-electron chi connectivity index (χ1n) is 16.0. The number of nitrogens with zero attached hydrogens (tertiary/aromatic N) is 6. The van der Waals surface area contributed by atoms with Crippen LogP contribution in [0.5, 0.6) is 11.5 Å². The standard InChI is InChI=1S/C32H48FN7O4S/c1-22(2)40(23(3)4)31(41)27-15-25(33)7-8-28(27)44-29-16-34-21-35-30(29)39-14-11-24(18-39)17-38-19-32(20-38)12-9-26(10-13-32)36-45(42,43)37(5)6/h7-8,15-16,21-24,26,36H,9-14,17-20H2,1-6H3/t24-/m0/s1. The fourth-order valence-electron chi connectivity index (χ4n) is 7.25. The van der Waals surface area contributed by atoms with Crippen LogP contribution in [0, 0.1) is 17.2 Å². The minimum Gasteiger partial charge on any atom is -0.451 e. The molecule has 248 valence electrons. The first kappa shape index (κ1) is 33.5. The van der Waals surface area contributed by atoms with E-state index in [1.165, 1.54) is 28.8 Å². The van der Waals surface area contributed by atoms with Gasteiger partial charge in [-0.15, -0.1) is 0 Å². The number of carbonyl (C=O) groups is 1. The van der Waals surface area contributed by atoms with Gasteiger partial charge in [-0.05, 0) is 89.3 Å². The zero-order valence-corrected chi connectivity index (χ0v) is 28.2. The van der Waals surface area contributed by atoms with Crippen LogP contribution in [-0.2, 0) is 10.2 Å². The van der Waals surface area contributed by atoms with Crippen molar-refractivity contribution >= 4 is 21.9 Å². The van der Waals surface area contributed by atoms with Crippen LogP contribution in [0.1, 0.15) is 70.2 Å². The Balaban J connectivity index is 1.18. The van der Waals surface area contributed by atoms with Crippen LogP contribution in [0.2, 0.25) is 0 Å². The van der Waals surface area contributed by atoms with E-state index in [2.05, 4.69) is 24.5 Å². The number of likely N-dealkylation sites (tertiary alicyclic amines) is 1. The maximum absolute atomic E-state index is 14.3. The highest BCUT2D eigenvalue weighted by atomic mass is 32.2. The normalized spacial score (nSPS) is 20.8. The molecule has 1 amide bonds. The number of aromatic nitrogens is 2. The molecule has 45 heavy (non-hydrogen) atoms. The molecule has 0 bridgehead atoms. The molecule has 5 rings (SSSR count).